The minimum absolute atomic E-state index is 0.0172. The maximum Gasteiger partial charge on any atom is 0.224 e. The third kappa shape index (κ3) is 4.79. The fourth-order valence-electron chi connectivity index (χ4n) is 2.03. The van der Waals surface area contributed by atoms with Gasteiger partial charge in [0, 0.05) is 12.5 Å². The van der Waals surface area contributed by atoms with Crippen molar-refractivity contribution in [3.05, 3.63) is 58.0 Å². The second kappa shape index (κ2) is 7.13. The molecule has 5 heteroatoms. The third-order valence-electron chi connectivity index (χ3n) is 2.95. The van der Waals surface area contributed by atoms with E-state index in [1.54, 1.807) is 25.1 Å². The van der Waals surface area contributed by atoms with Crippen molar-refractivity contribution in [1.82, 2.24) is 5.32 Å². The van der Waals surface area contributed by atoms with Gasteiger partial charge in [-0.15, -0.1) is 11.3 Å². The molecular formula is C16H16FNO2S. The summed E-state index contributed by atoms with van der Waals surface area (Å²) in [5.74, 6) is -0.558. The zero-order chi connectivity index (χ0) is 15.2. The van der Waals surface area contributed by atoms with Crippen LogP contribution in [-0.2, 0) is 11.2 Å². The molecule has 0 saturated heterocycles. The predicted molar refractivity (Wildman–Crippen MR) is 81.0 cm³/mol. The van der Waals surface area contributed by atoms with E-state index in [-0.39, 0.29) is 36.4 Å². The van der Waals surface area contributed by atoms with Crippen LogP contribution in [0.25, 0.3) is 0 Å². The van der Waals surface area contributed by atoms with Crippen molar-refractivity contribution in [1.29, 1.82) is 0 Å². The van der Waals surface area contributed by atoms with Crippen LogP contribution < -0.4 is 5.32 Å². The van der Waals surface area contributed by atoms with Crippen LogP contribution in [0.1, 0.15) is 28.6 Å². The van der Waals surface area contributed by atoms with Crippen molar-refractivity contribution in [3.63, 3.8) is 0 Å². The molecule has 0 saturated carbocycles. The van der Waals surface area contributed by atoms with Crippen molar-refractivity contribution in [2.45, 2.75) is 25.8 Å². The van der Waals surface area contributed by atoms with E-state index in [4.69, 9.17) is 0 Å². The van der Waals surface area contributed by atoms with Gasteiger partial charge in [0.1, 0.15) is 5.82 Å². The molecule has 21 heavy (non-hydrogen) atoms. The molecule has 1 aromatic carbocycles. The normalized spacial score (nSPS) is 11.9. The van der Waals surface area contributed by atoms with Crippen LogP contribution in [0.2, 0.25) is 0 Å². The molecule has 0 fully saturated rings. The molecule has 1 N–H and O–H groups in total. The Morgan fingerprint density at radius 2 is 2.10 bits per heavy atom. The van der Waals surface area contributed by atoms with Crippen LogP contribution in [-0.4, -0.2) is 17.7 Å². The number of carbonyl (C=O) groups excluding carboxylic acids is 2. The Hall–Kier alpha value is -2.01. The van der Waals surface area contributed by atoms with Crippen LogP contribution in [0.4, 0.5) is 4.39 Å². The Balaban J connectivity index is 1.83. The van der Waals surface area contributed by atoms with Crippen LogP contribution >= 0.6 is 11.3 Å². The first-order valence-corrected chi connectivity index (χ1v) is 7.53. The van der Waals surface area contributed by atoms with Crippen molar-refractivity contribution in [2.75, 3.05) is 0 Å². The van der Waals surface area contributed by atoms with E-state index < -0.39 is 0 Å². The van der Waals surface area contributed by atoms with Gasteiger partial charge in [0.2, 0.25) is 5.91 Å². The lowest BCUT2D eigenvalue weighted by molar-refractivity contribution is -0.121. The van der Waals surface area contributed by atoms with Crippen molar-refractivity contribution < 1.29 is 14.0 Å². The molecule has 0 radical (unpaired) electrons. The summed E-state index contributed by atoms with van der Waals surface area (Å²) in [6.45, 7) is 1.79. The quantitative estimate of drug-likeness (QED) is 0.833. The number of rotatable bonds is 6. The Morgan fingerprint density at radius 1 is 1.29 bits per heavy atom. The highest BCUT2D eigenvalue weighted by Crippen LogP contribution is 2.12. The molecule has 0 unspecified atom stereocenters. The second-order valence-electron chi connectivity index (χ2n) is 4.88. The van der Waals surface area contributed by atoms with Crippen LogP contribution in [0.15, 0.2) is 41.8 Å². The number of benzene rings is 1. The minimum Gasteiger partial charge on any atom is -0.353 e. The zero-order valence-corrected chi connectivity index (χ0v) is 12.5. The molecule has 0 aliphatic carbocycles. The standard InChI is InChI=1S/C16H16FNO2S/c1-11(8-14(19)15-6-3-7-21-15)18-16(20)10-12-4-2-5-13(17)9-12/h2-7,9,11H,8,10H2,1H3,(H,18,20)/t11-/m1/s1. The lowest BCUT2D eigenvalue weighted by atomic mass is 10.1. The Bertz CT molecular complexity index is 625. The van der Waals surface area contributed by atoms with Gasteiger partial charge in [-0.1, -0.05) is 18.2 Å². The van der Waals surface area contributed by atoms with E-state index in [2.05, 4.69) is 5.32 Å². The summed E-state index contributed by atoms with van der Waals surface area (Å²) in [7, 11) is 0. The molecule has 3 nitrogen and oxygen atoms in total. The number of halogens is 1. The molecule has 1 amide bonds. The van der Waals surface area contributed by atoms with Gasteiger partial charge in [-0.2, -0.15) is 0 Å². The Morgan fingerprint density at radius 3 is 2.76 bits per heavy atom. The topological polar surface area (TPSA) is 46.2 Å². The molecule has 1 aromatic heterocycles. The van der Waals surface area contributed by atoms with E-state index in [0.717, 1.165) is 0 Å². The fourth-order valence-corrected chi connectivity index (χ4v) is 2.70. The number of hydrogen-bond acceptors (Lipinski definition) is 3. The molecular weight excluding hydrogens is 289 g/mol. The summed E-state index contributed by atoms with van der Waals surface area (Å²) < 4.78 is 13.0. The molecule has 0 spiro atoms. The molecule has 0 aliphatic heterocycles. The highest BCUT2D eigenvalue weighted by molar-refractivity contribution is 7.12. The zero-order valence-electron chi connectivity index (χ0n) is 11.6. The summed E-state index contributed by atoms with van der Waals surface area (Å²) in [4.78, 5) is 24.5. The number of Topliss-reactive ketones (excluding diaryl/α,β-unsaturated/α-hetero) is 1. The summed E-state index contributed by atoms with van der Waals surface area (Å²) in [5, 5.41) is 4.61. The third-order valence-corrected chi connectivity index (χ3v) is 3.86. The maximum absolute atomic E-state index is 13.0. The molecule has 1 heterocycles. The smallest absolute Gasteiger partial charge is 0.224 e. The molecule has 0 bridgehead atoms. The summed E-state index contributed by atoms with van der Waals surface area (Å²) in [5.41, 5.74) is 0.615. The number of nitrogens with one attached hydrogen (secondary N) is 1. The summed E-state index contributed by atoms with van der Waals surface area (Å²) in [6, 6.07) is 9.29. The summed E-state index contributed by atoms with van der Waals surface area (Å²) in [6.07, 6.45) is 0.366. The van der Waals surface area contributed by atoms with E-state index in [9.17, 15) is 14.0 Å². The number of ketones is 1. The van der Waals surface area contributed by atoms with Gasteiger partial charge in [0.25, 0.3) is 0 Å². The van der Waals surface area contributed by atoms with Crippen molar-refractivity contribution >= 4 is 23.0 Å². The van der Waals surface area contributed by atoms with Crippen LogP contribution in [0.3, 0.4) is 0 Å². The minimum atomic E-state index is -0.360. The van der Waals surface area contributed by atoms with Crippen LogP contribution in [0.5, 0.6) is 0 Å². The second-order valence-corrected chi connectivity index (χ2v) is 5.83. The first-order valence-electron chi connectivity index (χ1n) is 6.65. The predicted octanol–water partition coefficient (Wildman–Crippen LogP) is 3.21. The SMILES string of the molecule is C[C@H](CC(=O)c1cccs1)NC(=O)Cc1cccc(F)c1. The lowest BCUT2D eigenvalue weighted by Crippen LogP contribution is -2.35. The van der Waals surface area contributed by atoms with Gasteiger partial charge < -0.3 is 5.32 Å². The number of hydrogen-bond donors (Lipinski definition) is 1. The Kier molecular flexibility index (Phi) is 5.22. The van der Waals surface area contributed by atoms with Gasteiger partial charge >= 0.3 is 0 Å². The number of carbonyl (C=O) groups is 2. The molecule has 0 aliphatic rings. The number of amides is 1. The highest BCUT2D eigenvalue weighted by atomic mass is 32.1. The summed E-state index contributed by atoms with van der Waals surface area (Å²) >= 11 is 1.39. The lowest BCUT2D eigenvalue weighted by Gasteiger charge is -2.12. The van der Waals surface area contributed by atoms with Gasteiger partial charge in [-0.05, 0) is 36.1 Å². The molecule has 2 rings (SSSR count). The Labute approximate surface area is 126 Å². The fraction of sp³-hybridized carbons (Fsp3) is 0.250. The first kappa shape index (κ1) is 15.4. The van der Waals surface area contributed by atoms with Gasteiger partial charge in [-0.3, -0.25) is 9.59 Å². The van der Waals surface area contributed by atoms with E-state index in [0.29, 0.717) is 10.4 Å². The maximum atomic E-state index is 13.0. The first-order chi connectivity index (χ1) is 10.0. The average molecular weight is 305 g/mol. The molecule has 2 aromatic rings. The van der Waals surface area contributed by atoms with Crippen molar-refractivity contribution in [3.8, 4) is 0 Å². The monoisotopic (exact) mass is 305 g/mol. The van der Waals surface area contributed by atoms with E-state index >= 15 is 0 Å². The average Bonchev–Trinajstić information content (AvgIpc) is 2.91. The van der Waals surface area contributed by atoms with Crippen molar-refractivity contribution in [2.24, 2.45) is 0 Å². The molecule has 110 valence electrons. The van der Waals surface area contributed by atoms with Gasteiger partial charge in [0.05, 0.1) is 11.3 Å². The van der Waals surface area contributed by atoms with E-state index in [1.807, 2.05) is 11.4 Å². The van der Waals surface area contributed by atoms with Gasteiger partial charge in [-0.25, -0.2) is 4.39 Å². The van der Waals surface area contributed by atoms with E-state index in [1.165, 1.54) is 23.5 Å². The highest BCUT2D eigenvalue weighted by Gasteiger charge is 2.14. The molecule has 1 atom stereocenters. The number of thiophene rings is 1. The largest absolute Gasteiger partial charge is 0.353 e. The van der Waals surface area contributed by atoms with Gasteiger partial charge in [0.15, 0.2) is 5.78 Å². The van der Waals surface area contributed by atoms with Crippen LogP contribution in [0, 0.1) is 5.82 Å².